The Morgan fingerprint density at radius 2 is 1.60 bits per heavy atom. The molecule has 0 N–H and O–H groups in total. The highest BCUT2D eigenvalue weighted by Crippen LogP contribution is 2.26. The van der Waals surface area contributed by atoms with Gasteiger partial charge in [-0.05, 0) is 16.7 Å². The molecule has 1 saturated heterocycles. The quantitative estimate of drug-likeness (QED) is 0.270. The van der Waals surface area contributed by atoms with E-state index < -0.39 is 30.3 Å². The zero-order valence-electron chi connectivity index (χ0n) is 16.8. The fraction of sp³-hybridized carbons (Fsp3) is 0.409. The first-order chi connectivity index (χ1) is 14.7. The monoisotopic (exact) mass is 411 g/mol. The second-order valence-corrected chi connectivity index (χ2v) is 6.97. The van der Waals surface area contributed by atoms with Crippen LogP contribution in [0.4, 0.5) is 0 Å². The predicted molar refractivity (Wildman–Crippen MR) is 109 cm³/mol. The Morgan fingerprint density at radius 3 is 2.13 bits per heavy atom. The maximum Gasteiger partial charge on any atom is 0.302 e. The SMILES string of the molecule is CC(=O)OCC1OCC(N=[N+]=[N-])[C@@H](OCc2ccccc2)[C@H]1OCc1ccccc1. The molecule has 1 heterocycles. The van der Waals surface area contributed by atoms with Crippen molar-refractivity contribution in [1.82, 2.24) is 0 Å². The molecular weight excluding hydrogens is 386 g/mol. The van der Waals surface area contributed by atoms with Crippen LogP contribution in [-0.4, -0.2) is 43.5 Å². The van der Waals surface area contributed by atoms with Gasteiger partial charge in [-0.3, -0.25) is 4.79 Å². The molecule has 30 heavy (non-hydrogen) atoms. The Bertz CT molecular complexity index is 842. The molecule has 1 aliphatic rings. The van der Waals surface area contributed by atoms with E-state index in [4.69, 9.17) is 24.5 Å². The van der Waals surface area contributed by atoms with Gasteiger partial charge in [0.1, 0.15) is 18.8 Å². The van der Waals surface area contributed by atoms with Crippen LogP contribution in [0.25, 0.3) is 10.4 Å². The molecule has 0 saturated carbocycles. The minimum absolute atomic E-state index is 0.0307. The molecular formula is C22H25N3O5. The van der Waals surface area contributed by atoms with E-state index in [9.17, 15) is 4.79 Å². The summed E-state index contributed by atoms with van der Waals surface area (Å²) in [4.78, 5) is 14.3. The molecule has 4 atom stereocenters. The molecule has 8 heteroatoms. The van der Waals surface area contributed by atoms with E-state index >= 15 is 0 Å². The molecule has 0 spiro atoms. The third kappa shape index (κ3) is 6.30. The Hall–Kier alpha value is -2.90. The van der Waals surface area contributed by atoms with Gasteiger partial charge >= 0.3 is 5.97 Å². The lowest BCUT2D eigenvalue weighted by atomic mass is 9.98. The number of benzene rings is 2. The molecule has 2 aromatic rings. The van der Waals surface area contributed by atoms with Crippen LogP contribution in [0.3, 0.4) is 0 Å². The van der Waals surface area contributed by atoms with E-state index in [0.717, 1.165) is 11.1 Å². The van der Waals surface area contributed by atoms with Crippen LogP contribution < -0.4 is 0 Å². The molecule has 0 aliphatic carbocycles. The topological polar surface area (TPSA) is 103 Å². The van der Waals surface area contributed by atoms with Crippen molar-refractivity contribution >= 4 is 5.97 Å². The van der Waals surface area contributed by atoms with Crippen molar-refractivity contribution in [3.8, 4) is 0 Å². The Kier molecular flexibility index (Phi) is 8.23. The van der Waals surface area contributed by atoms with Gasteiger partial charge in [0, 0.05) is 11.8 Å². The highest BCUT2D eigenvalue weighted by Gasteiger charge is 2.42. The highest BCUT2D eigenvalue weighted by molar-refractivity contribution is 5.65. The molecule has 0 radical (unpaired) electrons. The van der Waals surface area contributed by atoms with E-state index in [-0.39, 0.29) is 13.2 Å². The number of hydrogen-bond donors (Lipinski definition) is 0. The second kappa shape index (κ2) is 11.3. The zero-order valence-corrected chi connectivity index (χ0v) is 16.8. The lowest BCUT2D eigenvalue weighted by Crippen LogP contribution is -2.56. The molecule has 2 unspecified atom stereocenters. The number of nitrogens with zero attached hydrogens (tertiary/aromatic N) is 3. The number of esters is 1. The van der Waals surface area contributed by atoms with E-state index in [0.29, 0.717) is 13.2 Å². The van der Waals surface area contributed by atoms with E-state index in [2.05, 4.69) is 10.0 Å². The molecule has 1 aliphatic heterocycles. The molecule has 158 valence electrons. The Morgan fingerprint density at radius 1 is 1.03 bits per heavy atom. The van der Waals surface area contributed by atoms with Crippen molar-refractivity contribution in [2.45, 2.75) is 44.5 Å². The van der Waals surface area contributed by atoms with Crippen LogP contribution in [0.2, 0.25) is 0 Å². The fourth-order valence-corrected chi connectivity index (χ4v) is 3.29. The maximum absolute atomic E-state index is 11.3. The van der Waals surface area contributed by atoms with Crippen LogP contribution in [-0.2, 0) is 37.0 Å². The van der Waals surface area contributed by atoms with E-state index in [1.54, 1.807) is 0 Å². The number of ether oxygens (including phenoxy) is 4. The summed E-state index contributed by atoms with van der Waals surface area (Å²) in [7, 11) is 0. The second-order valence-electron chi connectivity index (χ2n) is 6.97. The van der Waals surface area contributed by atoms with Crippen molar-refractivity contribution in [3.63, 3.8) is 0 Å². The van der Waals surface area contributed by atoms with Crippen molar-refractivity contribution in [2.24, 2.45) is 5.11 Å². The van der Waals surface area contributed by atoms with Gasteiger partial charge in [0.2, 0.25) is 0 Å². The van der Waals surface area contributed by atoms with Crippen LogP contribution in [0.1, 0.15) is 18.1 Å². The van der Waals surface area contributed by atoms with Gasteiger partial charge in [0.25, 0.3) is 0 Å². The lowest BCUT2D eigenvalue weighted by Gasteiger charge is -2.40. The average Bonchev–Trinajstić information content (AvgIpc) is 2.77. The number of rotatable bonds is 9. The standard InChI is InChI=1S/C22H25N3O5/c1-16(26)27-15-20-22(30-13-18-10-6-3-7-11-18)21(19(14-28-20)24-25-23)29-12-17-8-4-2-5-9-17/h2-11,19-22H,12-15H2,1H3/t19?,20?,21-,22+/m1/s1. The smallest absolute Gasteiger partial charge is 0.302 e. The van der Waals surface area contributed by atoms with Crippen molar-refractivity contribution in [3.05, 3.63) is 82.2 Å². The lowest BCUT2D eigenvalue weighted by molar-refractivity contribution is -0.204. The van der Waals surface area contributed by atoms with Gasteiger partial charge in [-0.2, -0.15) is 0 Å². The third-order valence-electron chi connectivity index (χ3n) is 4.77. The average molecular weight is 411 g/mol. The molecule has 0 bridgehead atoms. The van der Waals surface area contributed by atoms with E-state index in [1.807, 2.05) is 60.7 Å². The maximum atomic E-state index is 11.3. The summed E-state index contributed by atoms with van der Waals surface area (Å²) in [5.74, 6) is -0.403. The zero-order chi connectivity index (χ0) is 21.2. The van der Waals surface area contributed by atoms with Gasteiger partial charge in [0.05, 0.1) is 32.0 Å². The van der Waals surface area contributed by atoms with Crippen LogP contribution in [0, 0.1) is 0 Å². The van der Waals surface area contributed by atoms with Gasteiger partial charge in [-0.25, -0.2) is 0 Å². The van der Waals surface area contributed by atoms with Gasteiger partial charge in [-0.1, -0.05) is 65.8 Å². The Balaban J connectivity index is 1.78. The first-order valence-electron chi connectivity index (χ1n) is 9.77. The van der Waals surface area contributed by atoms with Gasteiger partial charge in [0.15, 0.2) is 0 Å². The fourth-order valence-electron chi connectivity index (χ4n) is 3.29. The van der Waals surface area contributed by atoms with Crippen molar-refractivity contribution in [2.75, 3.05) is 13.2 Å². The van der Waals surface area contributed by atoms with Crippen molar-refractivity contribution < 1.29 is 23.7 Å². The Labute approximate surface area is 175 Å². The summed E-state index contributed by atoms with van der Waals surface area (Å²) >= 11 is 0. The number of hydrogen-bond acceptors (Lipinski definition) is 6. The van der Waals surface area contributed by atoms with Crippen LogP contribution in [0.5, 0.6) is 0 Å². The molecule has 8 nitrogen and oxygen atoms in total. The molecule has 3 rings (SSSR count). The summed E-state index contributed by atoms with van der Waals surface area (Å²) in [5, 5.41) is 3.86. The van der Waals surface area contributed by atoms with Crippen LogP contribution >= 0.6 is 0 Å². The summed E-state index contributed by atoms with van der Waals surface area (Å²) in [5.41, 5.74) is 11.0. The first-order valence-corrected chi connectivity index (χ1v) is 9.77. The molecule has 0 amide bonds. The number of carbonyl (C=O) groups is 1. The van der Waals surface area contributed by atoms with Gasteiger partial charge in [-0.15, -0.1) is 0 Å². The number of azide groups is 1. The summed E-state index contributed by atoms with van der Waals surface area (Å²) in [6.45, 7) is 2.17. The van der Waals surface area contributed by atoms with Gasteiger partial charge < -0.3 is 18.9 Å². The summed E-state index contributed by atoms with van der Waals surface area (Å²) in [6, 6.07) is 18.8. The summed E-state index contributed by atoms with van der Waals surface area (Å²) in [6.07, 6.45) is -1.68. The third-order valence-corrected chi connectivity index (χ3v) is 4.77. The minimum Gasteiger partial charge on any atom is -0.463 e. The number of carbonyl (C=O) groups excluding carboxylic acids is 1. The highest BCUT2D eigenvalue weighted by atomic mass is 16.6. The normalized spacial score (nSPS) is 23.4. The van der Waals surface area contributed by atoms with Crippen LogP contribution in [0.15, 0.2) is 65.8 Å². The summed E-state index contributed by atoms with van der Waals surface area (Å²) < 4.78 is 23.3. The molecule has 0 aromatic heterocycles. The molecule has 2 aromatic carbocycles. The van der Waals surface area contributed by atoms with Crippen molar-refractivity contribution in [1.29, 1.82) is 0 Å². The molecule has 1 fully saturated rings. The predicted octanol–water partition coefficient (Wildman–Crippen LogP) is 3.80. The largest absolute Gasteiger partial charge is 0.463 e. The minimum atomic E-state index is -0.586. The first kappa shape index (κ1) is 21.8. The van der Waals surface area contributed by atoms with E-state index in [1.165, 1.54) is 6.92 Å².